The van der Waals surface area contributed by atoms with E-state index >= 15 is 0 Å². The zero-order valence-corrected chi connectivity index (χ0v) is 13.0. The molecular formula is C13H14F5N5S. The zero-order chi connectivity index (χ0) is 18.0. The molecule has 1 aliphatic rings. The molecular weight excluding hydrogens is 353 g/mol. The van der Waals surface area contributed by atoms with E-state index in [0.717, 1.165) is 0 Å². The van der Waals surface area contributed by atoms with E-state index < -0.39 is 23.9 Å². The lowest BCUT2D eigenvalue weighted by Gasteiger charge is -2.16. The van der Waals surface area contributed by atoms with Crippen LogP contribution in [0.2, 0.25) is 0 Å². The zero-order valence-electron chi connectivity index (χ0n) is 12.2. The summed E-state index contributed by atoms with van der Waals surface area (Å²) in [6.07, 6.45) is -0.331. The predicted octanol–water partition coefficient (Wildman–Crippen LogP) is 3.30. The standard InChI is InChI=1S/C13H14F5N5S/c14-12(15)5-6-23(7-12)11(20)22-10(19)21-8-1-3-9(4-2-8)24-13(16,17)18/h1-4H,5-7H2,(H4,19,20,21,22). The van der Waals surface area contributed by atoms with Crippen molar-refractivity contribution >= 4 is 29.4 Å². The molecule has 0 aliphatic carbocycles. The Hall–Kier alpha value is -2.04. The molecule has 0 saturated carbocycles. The van der Waals surface area contributed by atoms with Crippen molar-refractivity contribution in [1.82, 2.24) is 4.90 Å². The number of nitrogens with two attached hydrogens (primary N) is 1. The van der Waals surface area contributed by atoms with Gasteiger partial charge in [-0.15, -0.1) is 0 Å². The number of nitrogens with one attached hydrogen (secondary N) is 2. The van der Waals surface area contributed by atoms with Gasteiger partial charge < -0.3 is 16.0 Å². The lowest BCUT2D eigenvalue weighted by atomic mass is 10.3. The quantitative estimate of drug-likeness (QED) is 0.324. The van der Waals surface area contributed by atoms with Gasteiger partial charge in [-0.25, -0.2) is 8.78 Å². The van der Waals surface area contributed by atoms with Gasteiger partial charge in [0.1, 0.15) is 0 Å². The smallest absolute Gasteiger partial charge is 0.369 e. The number of thioether (sulfide) groups is 1. The summed E-state index contributed by atoms with van der Waals surface area (Å²) in [4.78, 5) is 4.84. The molecule has 132 valence electrons. The number of nitrogens with zero attached hydrogens (tertiary/aromatic N) is 2. The Bertz CT molecular complexity index is 629. The second kappa shape index (κ2) is 6.83. The second-order valence-corrected chi connectivity index (χ2v) is 6.18. The van der Waals surface area contributed by atoms with Gasteiger partial charge in [0.15, 0.2) is 5.96 Å². The van der Waals surface area contributed by atoms with E-state index in [1.54, 1.807) is 0 Å². The summed E-state index contributed by atoms with van der Waals surface area (Å²) in [5, 5.41) is 10.2. The van der Waals surface area contributed by atoms with Crippen LogP contribution in [-0.4, -0.2) is 41.3 Å². The molecule has 1 saturated heterocycles. The van der Waals surface area contributed by atoms with Gasteiger partial charge in [0.2, 0.25) is 5.96 Å². The molecule has 0 bridgehead atoms. The molecule has 1 aliphatic heterocycles. The first kappa shape index (κ1) is 18.3. The molecule has 0 amide bonds. The van der Waals surface area contributed by atoms with Crippen LogP contribution >= 0.6 is 11.8 Å². The van der Waals surface area contributed by atoms with E-state index in [9.17, 15) is 22.0 Å². The third-order valence-corrected chi connectivity index (χ3v) is 3.81. The minimum atomic E-state index is -4.38. The minimum absolute atomic E-state index is 0.00175. The van der Waals surface area contributed by atoms with Crippen molar-refractivity contribution in [2.75, 3.05) is 18.4 Å². The highest BCUT2D eigenvalue weighted by Crippen LogP contribution is 2.37. The van der Waals surface area contributed by atoms with Crippen LogP contribution in [0.3, 0.4) is 0 Å². The number of likely N-dealkylation sites (tertiary alicyclic amines) is 1. The average molecular weight is 367 g/mol. The van der Waals surface area contributed by atoms with Crippen molar-refractivity contribution in [2.24, 2.45) is 10.7 Å². The number of hydrogen-bond donors (Lipinski definition) is 3. The van der Waals surface area contributed by atoms with Crippen LogP contribution in [0.5, 0.6) is 0 Å². The van der Waals surface area contributed by atoms with Gasteiger partial charge in [-0.3, -0.25) is 5.41 Å². The molecule has 1 aromatic rings. The Labute approximate surface area is 138 Å². The van der Waals surface area contributed by atoms with E-state index in [1.165, 1.54) is 29.2 Å². The molecule has 0 spiro atoms. The number of rotatable bonds is 2. The van der Waals surface area contributed by atoms with Crippen molar-refractivity contribution in [1.29, 1.82) is 5.41 Å². The van der Waals surface area contributed by atoms with Crippen LogP contribution in [0.15, 0.2) is 34.2 Å². The Morgan fingerprint density at radius 2 is 1.92 bits per heavy atom. The topological polar surface area (TPSA) is 77.5 Å². The Morgan fingerprint density at radius 1 is 1.29 bits per heavy atom. The molecule has 11 heteroatoms. The van der Waals surface area contributed by atoms with Gasteiger partial charge >= 0.3 is 5.51 Å². The van der Waals surface area contributed by atoms with Gasteiger partial charge in [-0.2, -0.15) is 18.2 Å². The third kappa shape index (κ3) is 5.55. The summed E-state index contributed by atoms with van der Waals surface area (Å²) in [6, 6.07) is 5.17. The number of guanidine groups is 2. The maximum Gasteiger partial charge on any atom is 0.446 e. The first-order valence-electron chi connectivity index (χ1n) is 6.72. The molecule has 4 N–H and O–H groups in total. The number of halogens is 5. The number of anilines is 1. The normalized spacial score (nSPS) is 17.9. The summed E-state index contributed by atoms with van der Waals surface area (Å²) in [5.41, 5.74) is 1.53. The summed E-state index contributed by atoms with van der Waals surface area (Å²) in [6.45, 7) is -0.516. The van der Waals surface area contributed by atoms with Crippen molar-refractivity contribution in [3.8, 4) is 0 Å². The van der Waals surface area contributed by atoms with Gasteiger partial charge in [-0.1, -0.05) is 0 Å². The van der Waals surface area contributed by atoms with E-state index in [0.29, 0.717) is 5.69 Å². The first-order chi connectivity index (χ1) is 11.0. The monoisotopic (exact) mass is 367 g/mol. The highest BCUT2D eigenvalue weighted by Gasteiger charge is 2.39. The molecule has 5 nitrogen and oxygen atoms in total. The molecule has 2 rings (SSSR count). The second-order valence-electron chi connectivity index (χ2n) is 5.04. The summed E-state index contributed by atoms with van der Waals surface area (Å²) in [5.74, 6) is -3.45. The Kier molecular flexibility index (Phi) is 5.21. The number of hydrogen-bond acceptors (Lipinski definition) is 2. The van der Waals surface area contributed by atoms with Crippen LogP contribution in [0, 0.1) is 5.41 Å². The molecule has 1 heterocycles. The SMILES string of the molecule is N=C(N=C(N)N1CCC(F)(F)C1)Nc1ccc(SC(F)(F)F)cc1. The van der Waals surface area contributed by atoms with Crippen LogP contribution < -0.4 is 11.1 Å². The molecule has 0 radical (unpaired) electrons. The molecule has 0 atom stereocenters. The van der Waals surface area contributed by atoms with E-state index in [-0.39, 0.29) is 35.6 Å². The van der Waals surface area contributed by atoms with Gasteiger partial charge in [0.05, 0.1) is 6.54 Å². The van der Waals surface area contributed by atoms with E-state index in [4.69, 9.17) is 11.1 Å². The lowest BCUT2D eigenvalue weighted by molar-refractivity contribution is -0.0328. The number of alkyl halides is 5. The average Bonchev–Trinajstić information content (AvgIpc) is 2.80. The van der Waals surface area contributed by atoms with Crippen molar-refractivity contribution < 1.29 is 22.0 Å². The Balaban J connectivity index is 1.93. The predicted molar refractivity (Wildman–Crippen MR) is 82.5 cm³/mol. The summed E-state index contributed by atoms with van der Waals surface area (Å²) >= 11 is -0.251. The fraction of sp³-hybridized carbons (Fsp3) is 0.385. The molecule has 1 aromatic carbocycles. The first-order valence-corrected chi connectivity index (χ1v) is 7.54. The Morgan fingerprint density at radius 3 is 2.42 bits per heavy atom. The van der Waals surface area contributed by atoms with Crippen molar-refractivity contribution in [3.05, 3.63) is 24.3 Å². The molecule has 0 aromatic heterocycles. The van der Waals surface area contributed by atoms with E-state index in [1.807, 2.05) is 0 Å². The largest absolute Gasteiger partial charge is 0.446 e. The number of aliphatic imine (C=N–C) groups is 1. The summed E-state index contributed by atoms with van der Waals surface area (Å²) in [7, 11) is 0. The third-order valence-electron chi connectivity index (χ3n) is 3.07. The van der Waals surface area contributed by atoms with Crippen molar-refractivity contribution in [2.45, 2.75) is 22.7 Å². The van der Waals surface area contributed by atoms with Gasteiger partial charge in [-0.05, 0) is 36.0 Å². The van der Waals surface area contributed by atoms with Crippen LogP contribution in [0.1, 0.15) is 6.42 Å². The fourth-order valence-electron chi connectivity index (χ4n) is 2.02. The van der Waals surface area contributed by atoms with E-state index in [2.05, 4.69) is 10.3 Å². The van der Waals surface area contributed by atoms with Gasteiger partial charge in [0.25, 0.3) is 5.92 Å². The maximum atomic E-state index is 13.1. The maximum absolute atomic E-state index is 13.1. The lowest BCUT2D eigenvalue weighted by Crippen LogP contribution is -2.38. The molecule has 24 heavy (non-hydrogen) atoms. The van der Waals surface area contributed by atoms with Gasteiger partial charge in [0, 0.05) is 23.5 Å². The highest BCUT2D eigenvalue weighted by atomic mass is 32.2. The minimum Gasteiger partial charge on any atom is -0.369 e. The van der Waals surface area contributed by atoms with Crippen LogP contribution in [-0.2, 0) is 0 Å². The van der Waals surface area contributed by atoms with Crippen molar-refractivity contribution in [3.63, 3.8) is 0 Å². The highest BCUT2D eigenvalue weighted by molar-refractivity contribution is 8.00. The number of benzene rings is 1. The fourth-order valence-corrected chi connectivity index (χ4v) is 2.56. The summed E-state index contributed by atoms with van der Waals surface area (Å²) < 4.78 is 62.8. The van der Waals surface area contributed by atoms with Crippen LogP contribution in [0.4, 0.5) is 27.6 Å². The molecule has 0 unspecified atom stereocenters. The molecule has 1 fully saturated rings. The van der Waals surface area contributed by atoms with Crippen LogP contribution in [0.25, 0.3) is 0 Å².